The van der Waals surface area contributed by atoms with Crippen LogP contribution in [-0.2, 0) is 6.54 Å². The summed E-state index contributed by atoms with van der Waals surface area (Å²) in [5, 5.41) is 6.92. The molecular formula is C15H11N5O2. The SMILES string of the molecule is c1ccc(-c2noc(CNc3nc4ccccc4o3)n2)nc1. The van der Waals surface area contributed by atoms with E-state index < -0.39 is 0 Å². The maximum absolute atomic E-state index is 5.56. The molecule has 1 aromatic carbocycles. The van der Waals surface area contributed by atoms with Gasteiger partial charge in [0.1, 0.15) is 11.2 Å². The lowest BCUT2D eigenvalue weighted by molar-refractivity contribution is 0.382. The van der Waals surface area contributed by atoms with Gasteiger partial charge in [0.25, 0.3) is 6.01 Å². The number of fused-ring (bicyclic) bond motifs is 1. The van der Waals surface area contributed by atoms with E-state index in [9.17, 15) is 0 Å². The Hall–Kier alpha value is -3.22. The van der Waals surface area contributed by atoms with E-state index in [4.69, 9.17) is 8.94 Å². The monoisotopic (exact) mass is 293 g/mol. The summed E-state index contributed by atoms with van der Waals surface area (Å²) in [7, 11) is 0. The van der Waals surface area contributed by atoms with Crippen LogP contribution < -0.4 is 5.32 Å². The highest BCUT2D eigenvalue weighted by Crippen LogP contribution is 2.19. The Balaban J connectivity index is 1.49. The van der Waals surface area contributed by atoms with E-state index in [0.29, 0.717) is 30.0 Å². The largest absolute Gasteiger partial charge is 0.424 e. The lowest BCUT2D eigenvalue weighted by Crippen LogP contribution is -1.99. The first kappa shape index (κ1) is 12.5. The van der Waals surface area contributed by atoms with Crippen molar-refractivity contribution in [2.75, 3.05) is 5.32 Å². The molecule has 0 radical (unpaired) electrons. The van der Waals surface area contributed by atoms with Crippen LogP contribution >= 0.6 is 0 Å². The molecule has 0 fully saturated rings. The molecule has 4 aromatic rings. The first-order chi connectivity index (χ1) is 10.9. The smallest absolute Gasteiger partial charge is 0.296 e. The van der Waals surface area contributed by atoms with Gasteiger partial charge in [-0.2, -0.15) is 9.97 Å². The summed E-state index contributed by atoms with van der Waals surface area (Å²) in [6.07, 6.45) is 1.68. The first-order valence-electron chi connectivity index (χ1n) is 6.72. The molecule has 0 bridgehead atoms. The molecule has 7 nitrogen and oxygen atoms in total. The van der Waals surface area contributed by atoms with Crippen molar-refractivity contribution < 1.29 is 8.94 Å². The number of oxazole rings is 1. The minimum absolute atomic E-state index is 0.326. The highest BCUT2D eigenvalue weighted by Gasteiger charge is 2.10. The number of rotatable bonds is 4. The third kappa shape index (κ3) is 2.39. The number of hydrogen-bond acceptors (Lipinski definition) is 7. The van der Waals surface area contributed by atoms with E-state index in [2.05, 4.69) is 25.4 Å². The molecule has 0 unspecified atom stereocenters. The Bertz CT molecular complexity index is 867. The normalized spacial score (nSPS) is 10.9. The van der Waals surface area contributed by atoms with E-state index >= 15 is 0 Å². The van der Waals surface area contributed by atoms with Gasteiger partial charge in [-0.05, 0) is 24.3 Å². The highest BCUT2D eigenvalue weighted by atomic mass is 16.5. The van der Waals surface area contributed by atoms with Crippen LogP contribution in [0.3, 0.4) is 0 Å². The van der Waals surface area contributed by atoms with Gasteiger partial charge in [0.15, 0.2) is 5.58 Å². The molecule has 0 aliphatic rings. The van der Waals surface area contributed by atoms with Gasteiger partial charge in [-0.3, -0.25) is 4.98 Å². The highest BCUT2D eigenvalue weighted by molar-refractivity contribution is 5.74. The molecule has 0 saturated heterocycles. The van der Waals surface area contributed by atoms with Crippen LogP contribution in [0.15, 0.2) is 57.6 Å². The van der Waals surface area contributed by atoms with Crippen LogP contribution in [0, 0.1) is 0 Å². The number of para-hydroxylation sites is 2. The summed E-state index contributed by atoms with van der Waals surface area (Å²) in [5.74, 6) is 0.887. The quantitative estimate of drug-likeness (QED) is 0.618. The molecular weight excluding hydrogens is 282 g/mol. The first-order valence-corrected chi connectivity index (χ1v) is 6.72. The maximum atomic E-state index is 5.56. The van der Waals surface area contributed by atoms with Gasteiger partial charge in [0.2, 0.25) is 11.7 Å². The van der Waals surface area contributed by atoms with E-state index in [0.717, 1.165) is 11.1 Å². The second kappa shape index (κ2) is 5.28. The van der Waals surface area contributed by atoms with E-state index in [-0.39, 0.29) is 0 Å². The zero-order chi connectivity index (χ0) is 14.8. The summed E-state index contributed by atoms with van der Waals surface area (Å²) >= 11 is 0. The molecule has 0 amide bonds. The van der Waals surface area contributed by atoms with Crippen LogP contribution in [0.4, 0.5) is 6.01 Å². The zero-order valence-electron chi connectivity index (χ0n) is 11.4. The Morgan fingerprint density at radius 3 is 2.77 bits per heavy atom. The molecule has 4 rings (SSSR count). The standard InChI is InChI=1S/C15H11N5O2/c1-2-7-12-10(5-1)18-15(21-12)17-9-13-19-14(20-22-13)11-6-3-4-8-16-11/h1-8H,9H2,(H,17,18). The van der Waals surface area contributed by atoms with Crippen LogP contribution in [0.2, 0.25) is 0 Å². The van der Waals surface area contributed by atoms with Gasteiger partial charge in [0.05, 0.1) is 6.54 Å². The van der Waals surface area contributed by atoms with Crippen molar-refractivity contribution in [1.82, 2.24) is 20.1 Å². The van der Waals surface area contributed by atoms with Crippen LogP contribution in [-0.4, -0.2) is 20.1 Å². The predicted octanol–water partition coefficient (Wildman–Crippen LogP) is 2.88. The van der Waals surface area contributed by atoms with Crippen molar-refractivity contribution in [2.45, 2.75) is 6.54 Å². The molecule has 3 aromatic heterocycles. The lowest BCUT2D eigenvalue weighted by atomic mass is 10.3. The lowest BCUT2D eigenvalue weighted by Gasteiger charge is -1.94. The van der Waals surface area contributed by atoms with Crippen molar-refractivity contribution in [3.8, 4) is 11.5 Å². The molecule has 0 aliphatic heterocycles. The molecule has 108 valence electrons. The number of anilines is 1. The molecule has 0 aliphatic carbocycles. The second-order valence-corrected chi connectivity index (χ2v) is 4.57. The van der Waals surface area contributed by atoms with E-state index in [1.54, 1.807) is 6.20 Å². The number of pyridine rings is 1. The van der Waals surface area contributed by atoms with Crippen molar-refractivity contribution >= 4 is 17.1 Å². The predicted molar refractivity (Wildman–Crippen MR) is 78.9 cm³/mol. The minimum Gasteiger partial charge on any atom is -0.424 e. The fraction of sp³-hybridized carbons (Fsp3) is 0.0667. The summed E-state index contributed by atoms with van der Waals surface area (Å²) in [5.41, 5.74) is 2.19. The van der Waals surface area contributed by atoms with Crippen molar-refractivity contribution in [1.29, 1.82) is 0 Å². The average molecular weight is 293 g/mol. The van der Waals surface area contributed by atoms with Crippen molar-refractivity contribution in [2.24, 2.45) is 0 Å². The Kier molecular flexibility index (Phi) is 3.01. The number of benzene rings is 1. The van der Waals surface area contributed by atoms with E-state index in [1.807, 2.05) is 42.5 Å². The van der Waals surface area contributed by atoms with Gasteiger partial charge in [-0.15, -0.1) is 0 Å². The summed E-state index contributed by atoms with van der Waals surface area (Å²) in [6, 6.07) is 13.5. The Morgan fingerprint density at radius 2 is 1.91 bits per heavy atom. The molecule has 0 spiro atoms. The summed E-state index contributed by atoms with van der Waals surface area (Å²) < 4.78 is 10.7. The summed E-state index contributed by atoms with van der Waals surface area (Å²) in [4.78, 5) is 12.8. The molecule has 0 saturated carbocycles. The number of hydrogen-bond donors (Lipinski definition) is 1. The third-order valence-corrected chi connectivity index (χ3v) is 3.05. The topological polar surface area (TPSA) is 89.9 Å². The van der Waals surface area contributed by atoms with Gasteiger partial charge in [-0.25, -0.2) is 0 Å². The van der Waals surface area contributed by atoms with E-state index in [1.165, 1.54) is 0 Å². The van der Waals surface area contributed by atoms with Crippen LogP contribution in [0.1, 0.15) is 5.89 Å². The molecule has 3 heterocycles. The fourth-order valence-electron chi connectivity index (χ4n) is 2.02. The summed E-state index contributed by atoms with van der Waals surface area (Å²) in [6.45, 7) is 0.326. The minimum atomic E-state index is 0.326. The average Bonchev–Trinajstić information content (AvgIpc) is 3.20. The van der Waals surface area contributed by atoms with Crippen LogP contribution in [0.25, 0.3) is 22.6 Å². The van der Waals surface area contributed by atoms with Crippen LogP contribution in [0.5, 0.6) is 0 Å². The number of aromatic nitrogens is 4. The number of nitrogens with one attached hydrogen (secondary N) is 1. The molecule has 22 heavy (non-hydrogen) atoms. The zero-order valence-corrected chi connectivity index (χ0v) is 11.4. The van der Waals surface area contributed by atoms with Gasteiger partial charge >= 0.3 is 0 Å². The fourth-order valence-corrected chi connectivity index (χ4v) is 2.02. The van der Waals surface area contributed by atoms with Gasteiger partial charge < -0.3 is 14.3 Å². The van der Waals surface area contributed by atoms with Gasteiger partial charge in [0, 0.05) is 6.20 Å². The van der Waals surface area contributed by atoms with Gasteiger partial charge in [-0.1, -0.05) is 23.4 Å². The number of nitrogens with zero attached hydrogens (tertiary/aromatic N) is 4. The van der Waals surface area contributed by atoms with Crippen molar-refractivity contribution in [3.63, 3.8) is 0 Å². The second-order valence-electron chi connectivity index (χ2n) is 4.57. The maximum Gasteiger partial charge on any atom is 0.296 e. The van der Waals surface area contributed by atoms with Crippen molar-refractivity contribution in [3.05, 3.63) is 54.6 Å². The Labute approximate surface area is 125 Å². The molecule has 1 N–H and O–H groups in total. The molecule has 7 heteroatoms. The third-order valence-electron chi connectivity index (χ3n) is 3.05. The Morgan fingerprint density at radius 1 is 1.00 bits per heavy atom. The molecule has 0 atom stereocenters.